The molecule has 0 spiro atoms. The molecule has 0 saturated carbocycles. The van der Waals surface area contributed by atoms with Gasteiger partial charge in [0.25, 0.3) is 0 Å². The van der Waals surface area contributed by atoms with Gasteiger partial charge in [-0.3, -0.25) is 4.79 Å². The van der Waals surface area contributed by atoms with Crippen molar-refractivity contribution < 1.29 is 24.2 Å². The maximum atomic E-state index is 12.2. The molecule has 0 radical (unpaired) electrons. The van der Waals surface area contributed by atoms with Crippen molar-refractivity contribution in [1.29, 1.82) is 0 Å². The Kier molecular flexibility index (Phi) is 4.12. The fourth-order valence-electron chi connectivity index (χ4n) is 2.62. The van der Waals surface area contributed by atoms with Crippen LogP contribution in [0.4, 0.5) is 4.79 Å². The van der Waals surface area contributed by atoms with Crippen molar-refractivity contribution in [3.63, 3.8) is 0 Å². The molecule has 2 heterocycles. The molecule has 2 aliphatic heterocycles. The molecule has 0 bridgehead atoms. The number of nitrogens with zero attached hydrogens (tertiary/aromatic N) is 2. The first kappa shape index (κ1) is 14.6. The van der Waals surface area contributed by atoms with E-state index in [0.717, 1.165) is 0 Å². The highest BCUT2D eigenvalue weighted by Crippen LogP contribution is 2.21. The predicted octanol–water partition coefficient (Wildman–Crippen LogP) is -0.899. The quantitative estimate of drug-likeness (QED) is 0.700. The SMILES string of the molecule is COC1CC(C(=O)O)N(C(=O)NC2CCN(C)C2=O)C1. The Morgan fingerprint density at radius 3 is 2.65 bits per heavy atom. The molecule has 3 unspecified atom stereocenters. The zero-order valence-corrected chi connectivity index (χ0v) is 11.5. The predicted molar refractivity (Wildman–Crippen MR) is 68.1 cm³/mol. The molecular formula is C12H19N3O5. The molecule has 2 rings (SSSR count). The van der Waals surface area contributed by atoms with Gasteiger partial charge in [0.05, 0.1) is 6.10 Å². The van der Waals surface area contributed by atoms with Crippen LogP contribution in [0.1, 0.15) is 12.8 Å². The van der Waals surface area contributed by atoms with Crippen LogP contribution in [0.25, 0.3) is 0 Å². The molecule has 0 aromatic rings. The number of nitrogens with one attached hydrogen (secondary N) is 1. The summed E-state index contributed by atoms with van der Waals surface area (Å²) in [7, 11) is 3.16. The molecule has 3 amide bonds. The summed E-state index contributed by atoms with van der Waals surface area (Å²) in [5.41, 5.74) is 0. The zero-order valence-electron chi connectivity index (χ0n) is 11.5. The van der Waals surface area contributed by atoms with Gasteiger partial charge in [0.2, 0.25) is 5.91 Å². The van der Waals surface area contributed by atoms with E-state index in [2.05, 4.69) is 5.32 Å². The van der Waals surface area contributed by atoms with Gasteiger partial charge >= 0.3 is 12.0 Å². The summed E-state index contributed by atoms with van der Waals surface area (Å²) in [6.45, 7) is 0.808. The maximum absolute atomic E-state index is 12.2. The third kappa shape index (κ3) is 2.69. The van der Waals surface area contributed by atoms with Crippen molar-refractivity contribution in [1.82, 2.24) is 15.1 Å². The van der Waals surface area contributed by atoms with E-state index in [1.807, 2.05) is 0 Å². The second kappa shape index (κ2) is 5.66. The summed E-state index contributed by atoms with van der Waals surface area (Å²) < 4.78 is 5.12. The molecule has 2 N–H and O–H groups in total. The number of aliphatic carboxylic acids is 1. The monoisotopic (exact) mass is 285 g/mol. The van der Waals surface area contributed by atoms with E-state index >= 15 is 0 Å². The number of ether oxygens (including phenoxy) is 1. The van der Waals surface area contributed by atoms with Gasteiger partial charge in [-0.15, -0.1) is 0 Å². The Hall–Kier alpha value is -1.83. The molecule has 8 nitrogen and oxygen atoms in total. The standard InChI is InChI=1S/C12H19N3O5/c1-14-4-3-8(10(14)16)13-12(19)15-6-7(20-2)5-9(15)11(17)18/h7-9H,3-6H2,1-2H3,(H,13,19)(H,17,18). The number of rotatable bonds is 3. The molecule has 0 aromatic carbocycles. The van der Waals surface area contributed by atoms with E-state index in [1.54, 1.807) is 11.9 Å². The van der Waals surface area contributed by atoms with Crippen LogP contribution in [0.15, 0.2) is 0 Å². The average Bonchev–Trinajstić information content (AvgIpc) is 2.97. The molecular weight excluding hydrogens is 266 g/mol. The van der Waals surface area contributed by atoms with Crippen LogP contribution in [0.2, 0.25) is 0 Å². The van der Waals surface area contributed by atoms with Gasteiger partial charge < -0.3 is 25.0 Å². The van der Waals surface area contributed by atoms with Crippen LogP contribution in [0.5, 0.6) is 0 Å². The van der Waals surface area contributed by atoms with E-state index in [-0.39, 0.29) is 25.0 Å². The Morgan fingerprint density at radius 1 is 1.45 bits per heavy atom. The summed E-state index contributed by atoms with van der Waals surface area (Å²) in [6, 6.07) is -2.00. The van der Waals surface area contributed by atoms with Crippen molar-refractivity contribution in [3.05, 3.63) is 0 Å². The number of amides is 3. The number of likely N-dealkylation sites (N-methyl/N-ethyl adjacent to an activating group) is 1. The van der Waals surface area contributed by atoms with Gasteiger partial charge in [0, 0.05) is 33.7 Å². The normalized spacial score (nSPS) is 29.9. The first-order valence-corrected chi connectivity index (χ1v) is 6.51. The summed E-state index contributed by atoms with van der Waals surface area (Å²) in [4.78, 5) is 37.8. The van der Waals surface area contributed by atoms with Gasteiger partial charge in [0.15, 0.2) is 0 Å². The van der Waals surface area contributed by atoms with E-state index in [1.165, 1.54) is 12.0 Å². The topological polar surface area (TPSA) is 99.2 Å². The van der Waals surface area contributed by atoms with Gasteiger partial charge in [-0.25, -0.2) is 9.59 Å². The van der Waals surface area contributed by atoms with E-state index in [4.69, 9.17) is 9.84 Å². The molecule has 2 saturated heterocycles. The highest BCUT2D eigenvalue weighted by Gasteiger charge is 2.41. The van der Waals surface area contributed by atoms with Crippen LogP contribution < -0.4 is 5.32 Å². The van der Waals surface area contributed by atoms with Crippen LogP contribution in [-0.2, 0) is 14.3 Å². The lowest BCUT2D eigenvalue weighted by atomic mass is 10.2. The Balaban J connectivity index is 2.00. The van der Waals surface area contributed by atoms with E-state index in [9.17, 15) is 14.4 Å². The van der Waals surface area contributed by atoms with Crippen LogP contribution >= 0.6 is 0 Å². The minimum atomic E-state index is -1.06. The zero-order chi connectivity index (χ0) is 14.9. The van der Waals surface area contributed by atoms with Gasteiger partial charge in [-0.05, 0) is 6.42 Å². The first-order chi connectivity index (χ1) is 9.43. The van der Waals surface area contributed by atoms with E-state index < -0.39 is 24.1 Å². The minimum Gasteiger partial charge on any atom is -0.480 e. The van der Waals surface area contributed by atoms with Gasteiger partial charge in [0.1, 0.15) is 12.1 Å². The highest BCUT2D eigenvalue weighted by molar-refractivity contribution is 5.90. The lowest BCUT2D eigenvalue weighted by Gasteiger charge is -2.23. The molecule has 0 aliphatic carbocycles. The van der Waals surface area contributed by atoms with Crippen molar-refractivity contribution >= 4 is 17.9 Å². The Labute approximate surface area is 116 Å². The van der Waals surface area contributed by atoms with Gasteiger partial charge in [-0.1, -0.05) is 0 Å². The fraction of sp³-hybridized carbons (Fsp3) is 0.750. The van der Waals surface area contributed by atoms with Crippen LogP contribution in [0.3, 0.4) is 0 Å². The number of likely N-dealkylation sites (tertiary alicyclic amines) is 2. The number of hydrogen-bond acceptors (Lipinski definition) is 4. The number of carboxylic acid groups (broad SMARTS) is 1. The fourth-order valence-corrected chi connectivity index (χ4v) is 2.62. The lowest BCUT2D eigenvalue weighted by molar-refractivity contribution is -0.141. The molecule has 8 heteroatoms. The summed E-state index contributed by atoms with van der Waals surface area (Å²) in [5.74, 6) is -1.21. The summed E-state index contributed by atoms with van der Waals surface area (Å²) in [5, 5.41) is 11.8. The summed E-state index contributed by atoms with van der Waals surface area (Å²) in [6.07, 6.45) is 0.516. The highest BCUT2D eigenvalue weighted by atomic mass is 16.5. The van der Waals surface area contributed by atoms with Crippen molar-refractivity contribution in [3.8, 4) is 0 Å². The van der Waals surface area contributed by atoms with Crippen LogP contribution in [-0.4, -0.2) is 78.2 Å². The second-order valence-corrected chi connectivity index (χ2v) is 5.15. The number of carboxylic acids is 1. The second-order valence-electron chi connectivity index (χ2n) is 5.15. The number of urea groups is 1. The van der Waals surface area contributed by atoms with Crippen molar-refractivity contribution in [2.45, 2.75) is 31.0 Å². The summed E-state index contributed by atoms with van der Waals surface area (Å²) >= 11 is 0. The maximum Gasteiger partial charge on any atom is 0.326 e. The van der Waals surface area contributed by atoms with E-state index in [0.29, 0.717) is 13.0 Å². The number of methoxy groups -OCH3 is 1. The number of carbonyl (C=O) groups is 3. The van der Waals surface area contributed by atoms with Crippen molar-refractivity contribution in [2.75, 3.05) is 27.2 Å². The minimum absolute atomic E-state index is 0.146. The molecule has 2 fully saturated rings. The Bertz CT molecular complexity index is 427. The van der Waals surface area contributed by atoms with Gasteiger partial charge in [-0.2, -0.15) is 0 Å². The first-order valence-electron chi connectivity index (χ1n) is 6.51. The molecule has 0 aromatic heterocycles. The lowest BCUT2D eigenvalue weighted by Crippen LogP contribution is -2.51. The van der Waals surface area contributed by atoms with Crippen LogP contribution in [0, 0.1) is 0 Å². The molecule has 3 atom stereocenters. The van der Waals surface area contributed by atoms with Crippen molar-refractivity contribution in [2.24, 2.45) is 0 Å². The molecule has 112 valence electrons. The number of carbonyl (C=O) groups excluding carboxylic acids is 2. The largest absolute Gasteiger partial charge is 0.480 e. The third-order valence-corrected chi connectivity index (χ3v) is 3.87. The smallest absolute Gasteiger partial charge is 0.326 e. The molecule has 20 heavy (non-hydrogen) atoms. The number of hydrogen-bond donors (Lipinski definition) is 2. The Morgan fingerprint density at radius 2 is 2.15 bits per heavy atom. The average molecular weight is 285 g/mol. The molecule has 2 aliphatic rings. The third-order valence-electron chi connectivity index (χ3n) is 3.87.